The summed E-state index contributed by atoms with van der Waals surface area (Å²) in [6, 6.07) is 27.9. The molecule has 0 saturated heterocycles. The zero-order valence-electron chi connectivity index (χ0n) is 18.8. The van der Waals surface area contributed by atoms with Gasteiger partial charge in [0.15, 0.2) is 0 Å². The molecule has 0 amide bonds. The Morgan fingerprint density at radius 2 is 1.71 bits per heavy atom. The van der Waals surface area contributed by atoms with Crippen LogP contribution in [0.5, 0.6) is 5.75 Å². The smallest absolute Gasteiger partial charge is 0.227 e. The van der Waals surface area contributed by atoms with E-state index in [2.05, 4.69) is 34.6 Å². The van der Waals surface area contributed by atoms with Crippen molar-refractivity contribution in [3.05, 3.63) is 125 Å². The minimum absolute atomic E-state index is 0.170. The first kappa shape index (κ1) is 21.4. The summed E-state index contributed by atoms with van der Waals surface area (Å²) in [6.07, 6.45) is 4.36. The highest BCUT2D eigenvalue weighted by Gasteiger charge is 2.28. The maximum absolute atomic E-state index is 6.57. The molecule has 1 unspecified atom stereocenters. The quantitative estimate of drug-likeness (QED) is 0.275. The van der Waals surface area contributed by atoms with Gasteiger partial charge >= 0.3 is 0 Å². The summed E-state index contributed by atoms with van der Waals surface area (Å²) in [5.41, 5.74) is 6.43. The molecule has 0 aliphatic heterocycles. The number of benzene rings is 3. The molecule has 172 valence electrons. The van der Waals surface area contributed by atoms with Crippen LogP contribution in [-0.2, 0) is 13.0 Å². The van der Waals surface area contributed by atoms with Crippen LogP contribution in [0.3, 0.4) is 0 Å². The predicted molar refractivity (Wildman–Crippen MR) is 137 cm³/mol. The summed E-state index contributed by atoms with van der Waals surface area (Å²) < 4.78 is 11.1. The second-order valence-electron chi connectivity index (χ2n) is 8.45. The van der Waals surface area contributed by atoms with Gasteiger partial charge in [-0.1, -0.05) is 54.1 Å². The van der Waals surface area contributed by atoms with Crippen molar-refractivity contribution < 1.29 is 9.15 Å². The van der Waals surface area contributed by atoms with E-state index in [1.807, 2.05) is 66.9 Å². The van der Waals surface area contributed by atoms with Gasteiger partial charge in [0.1, 0.15) is 18.1 Å². The van der Waals surface area contributed by atoms with E-state index in [4.69, 9.17) is 25.7 Å². The van der Waals surface area contributed by atoms with E-state index < -0.39 is 0 Å². The van der Waals surface area contributed by atoms with E-state index in [0.717, 1.165) is 51.0 Å². The Bertz CT molecular complexity index is 1470. The number of anilines is 2. The fraction of sp³-hybridized carbons (Fsp3) is 0.103. The zero-order chi connectivity index (χ0) is 23.6. The maximum Gasteiger partial charge on any atom is 0.227 e. The first-order valence-electron chi connectivity index (χ1n) is 11.5. The molecule has 6 heteroatoms. The molecule has 3 aromatic carbocycles. The first-order valence-corrected chi connectivity index (χ1v) is 11.8. The van der Waals surface area contributed by atoms with Crippen molar-refractivity contribution in [3.8, 4) is 17.0 Å². The second-order valence-corrected chi connectivity index (χ2v) is 8.86. The number of furan rings is 1. The number of rotatable bonds is 6. The fourth-order valence-corrected chi connectivity index (χ4v) is 4.81. The van der Waals surface area contributed by atoms with Crippen LogP contribution in [0.15, 0.2) is 102 Å². The number of hydrogen-bond acceptors (Lipinski definition) is 5. The average Bonchev–Trinajstić information content (AvgIpc) is 3.42. The predicted octanol–water partition coefficient (Wildman–Crippen LogP) is 7.40. The topological polar surface area (TPSA) is 60.2 Å². The number of nitrogens with one attached hydrogen (secondary N) is 1. The van der Waals surface area contributed by atoms with E-state index in [1.165, 1.54) is 5.56 Å². The van der Waals surface area contributed by atoms with Crippen LogP contribution in [0.25, 0.3) is 11.3 Å². The maximum atomic E-state index is 6.57. The standard InChI is InChI=1S/C29H22ClN3O2/c30-27-10-4-3-8-24(27)26-16-19-17-31-29(33-28(19)25-9-2-1-7-23(25)26)32-20-11-13-21(14-12-20)35-18-22-6-5-15-34-22/h1-15,17,26H,16,18H2,(H,31,32,33). The lowest BCUT2D eigenvalue weighted by Crippen LogP contribution is -2.15. The van der Waals surface area contributed by atoms with Gasteiger partial charge in [0.05, 0.1) is 12.0 Å². The van der Waals surface area contributed by atoms with Gasteiger partial charge in [-0.3, -0.25) is 0 Å². The first-order chi connectivity index (χ1) is 17.2. The highest BCUT2D eigenvalue weighted by Crippen LogP contribution is 2.43. The molecule has 6 rings (SSSR count). The van der Waals surface area contributed by atoms with E-state index in [-0.39, 0.29) is 5.92 Å². The molecule has 1 aliphatic carbocycles. The summed E-state index contributed by atoms with van der Waals surface area (Å²) in [7, 11) is 0. The van der Waals surface area contributed by atoms with Crippen LogP contribution < -0.4 is 10.1 Å². The Balaban J connectivity index is 1.24. The number of hydrogen-bond donors (Lipinski definition) is 1. The molecule has 5 nitrogen and oxygen atoms in total. The Morgan fingerprint density at radius 3 is 2.51 bits per heavy atom. The number of aromatic nitrogens is 2. The lowest BCUT2D eigenvalue weighted by Gasteiger charge is -2.28. The van der Waals surface area contributed by atoms with Crippen molar-refractivity contribution in [3.63, 3.8) is 0 Å². The summed E-state index contributed by atoms with van der Waals surface area (Å²) in [4.78, 5) is 9.50. The summed E-state index contributed by atoms with van der Waals surface area (Å²) >= 11 is 6.57. The van der Waals surface area contributed by atoms with Crippen LogP contribution in [0.2, 0.25) is 5.02 Å². The van der Waals surface area contributed by atoms with E-state index >= 15 is 0 Å². The molecule has 1 N–H and O–H groups in total. The van der Waals surface area contributed by atoms with Crippen molar-refractivity contribution in [1.82, 2.24) is 9.97 Å². The van der Waals surface area contributed by atoms with Crippen LogP contribution in [0.4, 0.5) is 11.6 Å². The van der Waals surface area contributed by atoms with Gasteiger partial charge < -0.3 is 14.5 Å². The Morgan fingerprint density at radius 1 is 0.914 bits per heavy atom. The van der Waals surface area contributed by atoms with Gasteiger partial charge in [-0.25, -0.2) is 9.97 Å². The molecular weight excluding hydrogens is 458 g/mol. The summed E-state index contributed by atoms with van der Waals surface area (Å²) in [6.45, 7) is 0.391. The van der Waals surface area contributed by atoms with Crippen molar-refractivity contribution in [2.75, 3.05) is 5.32 Å². The molecule has 0 bridgehead atoms. The van der Waals surface area contributed by atoms with Crippen molar-refractivity contribution in [2.45, 2.75) is 18.9 Å². The Kier molecular flexibility index (Phi) is 5.68. The molecule has 0 saturated carbocycles. The zero-order valence-corrected chi connectivity index (χ0v) is 19.6. The van der Waals surface area contributed by atoms with Crippen LogP contribution >= 0.6 is 11.6 Å². The number of fused-ring (bicyclic) bond motifs is 3. The lowest BCUT2D eigenvalue weighted by molar-refractivity contribution is 0.270. The molecule has 2 aromatic heterocycles. The third kappa shape index (κ3) is 4.38. The van der Waals surface area contributed by atoms with Crippen molar-refractivity contribution in [2.24, 2.45) is 0 Å². The van der Waals surface area contributed by atoms with Gasteiger partial charge in [-0.15, -0.1) is 0 Å². The monoisotopic (exact) mass is 479 g/mol. The molecule has 1 atom stereocenters. The number of ether oxygens (including phenoxy) is 1. The van der Waals surface area contributed by atoms with Gasteiger partial charge in [0.2, 0.25) is 5.95 Å². The highest BCUT2D eigenvalue weighted by molar-refractivity contribution is 6.31. The normalized spacial score (nSPS) is 14.1. The van der Waals surface area contributed by atoms with Gasteiger partial charge in [0.25, 0.3) is 0 Å². The van der Waals surface area contributed by atoms with Crippen LogP contribution in [0, 0.1) is 0 Å². The minimum Gasteiger partial charge on any atom is -0.486 e. The van der Waals surface area contributed by atoms with E-state index in [0.29, 0.717) is 12.6 Å². The minimum atomic E-state index is 0.170. The van der Waals surface area contributed by atoms with E-state index in [9.17, 15) is 0 Å². The van der Waals surface area contributed by atoms with E-state index in [1.54, 1.807) is 6.26 Å². The summed E-state index contributed by atoms with van der Waals surface area (Å²) in [5.74, 6) is 2.27. The lowest BCUT2D eigenvalue weighted by atomic mass is 9.78. The number of halogens is 1. The molecule has 0 spiro atoms. The highest BCUT2D eigenvalue weighted by atomic mass is 35.5. The van der Waals surface area contributed by atoms with Gasteiger partial charge in [-0.05, 0) is 65.6 Å². The summed E-state index contributed by atoms with van der Waals surface area (Å²) in [5, 5.41) is 4.10. The van der Waals surface area contributed by atoms with Gasteiger partial charge in [-0.2, -0.15) is 0 Å². The third-order valence-electron chi connectivity index (χ3n) is 6.23. The van der Waals surface area contributed by atoms with Crippen LogP contribution in [-0.4, -0.2) is 9.97 Å². The SMILES string of the molecule is Clc1ccccc1C1Cc2cnc(Nc3ccc(OCc4ccco4)cc3)nc2-c2ccccc21. The van der Waals surface area contributed by atoms with Crippen molar-refractivity contribution in [1.29, 1.82) is 0 Å². The Labute approximate surface area is 208 Å². The molecule has 1 aliphatic rings. The molecule has 35 heavy (non-hydrogen) atoms. The second kappa shape index (κ2) is 9.28. The molecule has 2 heterocycles. The molecule has 5 aromatic rings. The largest absolute Gasteiger partial charge is 0.486 e. The number of nitrogens with zero attached hydrogens (tertiary/aromatic N) is 2. The fourth-order valence-electron chi connectivity index (χ4n) is 4.54. The molecule has 0 fully saturated rings. The molecule has 0 radical (unpaired) electrons. The van der Waals surface area contributed by atoms with Crippen LogP contribution in [0.1, 0.15) is 28.4 Å². The molecular formula is C29H22ClN3O2. The third-order valence-corrected chi connectivity index (χ3v) is 6.58. The van der Waals surface area contributed by atoms with Crippen molar-refractivity contribution >= 4 is 23.2 Å². The van der Waals surface area contributed by atoms with Gasteiger partial charge in [0, 0.05) is 28.4 Å². The average molecular weight is 480 g/mol. The Hall–Kier alpha value is -4.09.